The van der Waals surface area contributed by atoms with Crippen LogP contribution in [0.15, 0.2) is 0 Å². The van der Waals surface area contributed by atoms with E-state index in [0.29, 0.717) is 23.3 Å². The third kappa shape index (κ3) is 1.72. The van der Waals surface area contributed by atoms with Crippen LogP contribution in [0.3, 0.4) is 0 Å². The Balaban J connectivity index is 2.60. The zero-order valence-corrected chi connectivity index (χ0v) is 7.32. The minimum absolute atomic E-state index is 0.413. The highest BCUT2D eigenvalue weighted by Gasteiger charge is 2.29. The minimum atomic E-state index is -2.64. The molecule has 0 amide bonds. The molecule has 3 heteroatoms. The summed E-state index contributed by atoms with van der Waals surface area (Å²) < 4.78 is 21.9. The van der Waals surface area contributed by atoms with Gasteiger partial charge in [0.05, 0.1) is 11.5 Å². The maximum Gasteiger partial charge on any atom is 0.150 e. The zero-order chi connectivity index (χ0) is 7.78. The van der Waals surface area contributed by atoms with Gasteiger partial charge in [-0.05, 0) is 18.3 Å². The van der Waals surface area contributed by atoms with E-state index in [-0.39, 0.29) is 0 Å². The molecule has 1 aliphatic heterocycles. The van der Waals surface area contributed by atoms with Crippen molar-refractivity contribution in [1.82, 2.24) is 0 Å². The van der Waals surface area contributed by atoms with E-state index in [1.807, 2.05) is 0 Å². The summed E-state index contributed by atoms with van der Waals surface area (Å²) in [5.74, 6) is 1.78. The van der Waals surface area contributed by atoms with Crippen LogP contribution in [-0.2, 0) is 9.84 Å². The Bertz CT molecular complexity index is 204. The van der Waals surface area contributed by atoms with Gasteiger partial charge in [0.2, 0.25) is 0 Å². The largest absolute Gasteiger partial charge is 0.229 e. The van der Waals surface area contributed by atoms with E-state index in [4.69, 9.17) is 0 Å². The van der Waals surface area contributed by atoms with E-state index in [9.17, 15) is 8.42 Å². The fourth-order valence-corrected chi connectivity index (χ4v) is 3.38. The Morgan fingerprint density at radius 3 is 2.20 bits per heavy atom. The first kappa shape index (κ1) is 8.05. The molecule has 1 atom stereocenters. The number of sulfone groups is 1. The smallest absolute Gasteiger partial charge is 0.150 e. The molecule has 0 aromatic rings. The van der Waals surface area contributed by atoms with Crippen LogP contribution in [0.25, 0.3) is 0 Å². The van der Waals surface area contributed by atoms with Crippen molar-refractivity contribution in [1.29, 1.82) is 0 Å². The van der Waals surface area contributed by atoms with E-state index in [2.05, 4.69) is 13.8 Å². The molecule has 1 unspecified atom stereocenters. The molecule has 0 aromatic carbocycles. The van der Waals surface area contributed by atoms with Crippen molar-refractivity contribution < 1.29 is 8.42 Å². The molecule has 60 valence electrons. The van der Waals surface area contributed by atoms with Crippen LogP contribution >= 0.6 is 0 Å². The van der Waals surface area contributed by atoms with Crippen LogP contribution < -0.4 is 0 Å². The normalized spacial score (nSPS) is 31.3. The Kier molecular flexibility index (Phi) is 2.04. The van der Waals surface area contributed by atoms with Gasteiger partial charge in [0.25, 0.3) is 0 Å². The molecule has 0 radical (unpaired) electrons. The van der Waals surface area contributed by atoms with Crippen LogP contribution in [0.2, 0.25) is 0 Å². The van der Waals surface area contributed by atoms with Gasteiger partial charge in [0, 0.05) is 0 Å². The van der Waals surface area contributed by atoms with Crippen molar-refractivity contribution in [3.05, 3.63) is 0 Å². The highest BCUT2D eigenvalue weighted by molar-refractivity contribution is 7.91. The van der Waals surface area contributed by atoms with Gasteiger partial charge in [-0.25, -0.2) is 8.42 Å². The summed E-state index contributed by atoms with van der Waals surface area (Å²) in [6, 6.07) is 0. The summed E-state index contributed by atoms with van der Waals surface area (Å²) in [7, 11) is -2.64. The third-order valence-corrected chi connectivity index (χ3v) is 4.00. The molecular formula is C7H14O2S. The number of hydrogen-bond acceptors (Lipinski definition) is 2. The van der Waals surface area contributed by atoms with E-state index in [0.717, 1.165) is 6.42 Å². The summed E-state index contributed by atoms with van der Waals surface area (Å²) in [4.78, 5) is 0. The quantitative estimate of drug-likeness (QED) is 0.578. The summed E-state index contributed by atoms with van der Waals surface area (Å²) in [6.07, 6.45) is 0.875. The maximum absolute atomic E-state index is 10.9. The fraction of sp³-hybridized carbons (Fsp3) is 1.00. The Morgan fingerprint density at radius 2 is 2.00 bits per heavy atom. The fourth-order valence-electron chi connectivity index (χ4n) is 1.35. The first-order valence-electron chi connectivity index (χ1n) is 3.72. The summed E-state index contributed by atoms with van der Waals surface area (Å²) in [5.41, 5.74) is 0. The molecule has 2 nitrogen and oxygen atoms in total. The Hall–Kier alpha value is -0.0500. The molecule has 0 N–H and O–H groups in total. The first-order chi connectivity index (χ1) is 4.51. The summed E-state index contributed by atoms with van der Waals surface area (Å²) in [5, 5.41) is 0. The minimum Gasteiger partial charge on any atom is -0.229 e. The van der Waals surface area contributed by atoms with Gasteiger partial charge >= 0.3 is 0 Å². The predicted octanol–water partition coefficient (Wildman–Crippen LogP) is 1.08. The lowest BCUT2D eigenvalue weighted by molar-refractivity contribution is 0.428. The molecule has 0 aliphatic carbocycles. The second kappa shape index (κ2) is 2.53. The average molecular weight is 162 g/mol. The van der Waals surface area contributed by atoms with Gasteiger partial charge in [-0.15, -0.1) is 0 Å². The van der Waals surface area contributed by atoms with Crippen molar-refractivity contribution in [3.8, 4) is 0 Å². The van der Waals surface area contributed by atoms with Gasteiger partial charge in [0.15, 0.2) is 9.84 Å². The molecule has 1 fully saturated rings. The van der Waals surface area contributed by atoms with Crippen LogP contribution in [-0.4, -0.2) is 19.9 Å². The maximum atomic E-state index is 10.9. The van der Waals surface area contributed by atoms with Gasteiger partial charge in [0.1, 0.15) is 0 Å². The molecule has 10 heavy (non-hydrogen) atoms. The van der Waals surface area contributed by atoms with Crippen molar-refractivity contribution in [3.63, 3.8) is 0 Å². The van der Waals surface area contributed by atoms with Crippen LogP contribution in [0.4, 0.5) is 0 Å². The van der Waals surface area contributed by atoms with Gasteiger partial charge in [-0.2, -0.15) is 0 Å². The Labute approximate surface area is 62.5 Å². The molecule has 1 rings (SSSR count). The second-order valence-corrected chi connectivity index (χ2v) is 5.64. The van der Waals surface area contributed by atoms with Crippen molar-refractivity contribution in [2.75, 3.05) is 11.5 Å². The van der Waals surface area contributed by atoms with Crippen LogP contribution in [0, 0.1) is 11.8 Å². The zero-order valence-electron chi connectivity index (χ0n) is 6.50. The molecule has 0 aromatic heterocycles. The molecule has 1 saturated heterocycles. The van der Waals surface area contributed by atoms with Crippen LogP contribution in [0.1, 0.15) is 20.3 Å². The Morgan fingerprint density at radius 1 is 1.40 bits per heavy atom. The van der Waals surface area contributed by atoms with E-state index in [1.54, 1.807) is 0 Å². The number of rotatable bonds is 1. The summed E-state index contributed by atoms with van der Waals surface area (Å²) in [6.45, 7) is 4.18. The SMILES string of the molecule is CC(C)C1CCS(=O)(=O)C1. The van der Waals surface area contributed by atoms with E-state index in [1.165, 1.54) is 0 Å². The topological polar surface area (TPSA) is 34.1 Å². The number of hydrogen-bond donors (Lipinski definition) is 0. The second-order valence-electron chi connectivity index (χ2n) is 3.41. The van der Waals surface area contributed by atoms with Gasteiger partial charge < -0.3 is 0 Å². The van der Waals surface area contributed by atoms with E-state index < -0.39 is 9.84 Å². The highest BCUT2D eigenvalue weighted by atomic mass is 32.2. The third-order valence-electron chi connectivity index (χ3n) is 2.21. The van der Waals surface area contributed by atoms with Crippen molar-refractivity contribution >= 4 is 9.84 Å². The van der Waals surface area contributed by atoms with E-state index >= 15 is 0 Å². The first-order valence-corrected chi connectivity index (χ1v) is 5.54. The predicted molar refractivity (Wildman–Crippen MR) is 41.6 cm³/mol. The van der Waals surface area contributed by atoms with Crippen molar-refractivity contribution in [2.24, 2.45) is 11.8 Å². The summed E-state index contributed by atoms with van der Waals surface area (Å²) >= 11 is 0. The monoisotopic (exact) mass is 162 g/mol. The highest BCUT2D eigenvalue weighted by Crippen LogP contribution is 2.24. The molecule has 0 spiro atoms. The molecular weight excluding hydrogens is 148 g/mol. The van der Waals surface area contributed by atoms with Gasteiger partial charge in [-0.1, -0.05) is 13.8 Å². The van der Waals surface area contributed by atoms with Crippen molar-refractivity contribution in [2.45, 2.75) is 20.3 Å². The standard InChI is InChI=1S/C7H14O2S/c1-6(2)7-3-4-10(8,9)5-7/h6-7H,3-5H2,1-2H3. The molecule has 1 heterocycles. The average Bonchev–Trinajstić information content (AvgIpc) is 2.10. The molecule has 0 saturated carbocycles. The van der Waals surface area contributed by atoms with Gasteiger partial charge in [-0.3, -0.25) is 0 Å². The molecule has 0 bridgehead atoms. The lowest BCUT2D eigenvalue weighted by Crippen LogP contribution is -2.10. The molecule has 1 aliphatic rings. The lowest BCUT2D eigenvalue weighted by Gasteiger charge is -2.10. The van der Waals surface area contributed by atoms with Crippen LogP contribution in [0.5, 0.6) is 0 Å². The lowest BCUT2D eigenvalue weighted by atomic mass is 9.96.